The van der Waals surface area contributed by atoms with Crippen molar-refractivity contribution in [2.75, 3.05) is 6.54 Å². The first kappa shape index (κ1) is 13.7. The summed E-state index contributed by atoms with van der Waals surface area (Å²) >= 11 is 0. The summed E-state index contributed by atoms with van der Waals surface area (Å²) in [4.78, 5) is 11.7. The van der Waals surface area contributed by atoms with Gasteiger partial charge in [0.2, 0.25) is 5.91 Å². The van der Waals surface area contributed by atoms with Crippen LogP contribution >= 0.6 is 0 Å². The van der Waals surface area contributed by atoms with Gasteiger partial charge in [-0.05, 0) is 25.8 Å². The molecule has 1 rings (SSSR count). The predicted octanol–water partition coefficient (Wildman–Crippen LogP) is 2.25. The summed E-state index contributed by atoms with van der Waals surface area (Å²) in [6.07, 6.45) is 1.03. The zero-order valence-corrected chi connectivity index (χ0v) is 10.9. The Hall–Kier alpha value is -1.35. The highest BCUT2D eigenvalue weighted by molar-refractivity contribution is 5.78. The molecule has 0 radical (unpaired) electrons. The number of carbonyl (C=O) groups is 1. The molecular formula is C14H22N2O. The van der Waals surface area contributed by atoms with Crippen molar-refractivity contribution in [2.45, 2.75) is 39.3 Å². The molecule has 0 saturated carbocycles. The normalized spacial score (nSPS) is 14.1. The quantitative estimate of drug-likeness (QED) is 0.792. The fraction of sp³-hybridized carbons (Fsp3) is 0.500. The Morgan fingerprint density at radius 3 is 2.47 bits per heavy atom. The van der Waals surface area contributed by atoms with E-state index in [9.17, 15) is 4.79 Å². The highest BCUT2D eigenvalue weighted by atomic mass is 16.1. The summed E-state index contributed by atoms with van der Waals surface area (Å²) in [5.41, 5.74) is 1.13. The molecule has 2 N–H and O–H groups in total. The van der Waals surface area contributed by atoms with Crippen LogP contribution in [-0.4, -0.2) is 18.5 Å². The van der Waals surface area contributed by atoms with Crippen LogP contribution in [0, 0.1) is 0 Å². The van der Waals surface area contributed by atoms with E-state index in [0.29, 0.717) is 12.6 Å². The maximum atomic E-state index is 11.7. The van der Waals surface area contributed by atoms with Crippen molar-refractivity contribution in [2.24, 2.45) is 0 Å². The first-order valence-corrected chi connectivity index (χ1v) is 6.21. The van der Waals surface area contributed by atoms with Crippen molar-refractivity contribution >= 4 is 5.91 Å². The second-order valence-electron chi connectivity index (χ2n) is 4.39. The van der Waals surface area contributed by atoms with Gasteiger partial charge in [0.05, 0.1) is 12.6 Å². The van der Waals surface area contributed by atoms with E-state index in [1.54, 1.807) is 0 Å². The molecule has 0 aromatic heterocycles. The van der Waals surface area contributed by atoms with Gasteiger partial charge in [0.25, 0.3) is 0 Å². The molecule has 17 heavy (non-hydrogen) atoms. The molecule has 2 atom stereocenters. The summed E-state index contributed by atoms with van der Waals surface area (Å²) < 4.78 is 0. The van der Waals surface area contributed by atoms with Gasteiger partial charge in [0.1, 0.15) is 0 Å². The lowest BCUT2D eigenvalue weighted by Gasteiger charge is -2.16. The molecular weight excluding hydrogens is 212 g/mol. The molecule has 0 bridgehead atoms. The van der Waals surface area contributed by atoms with Crippen LogP contribution in [0.1, 0.15) is 38.8 Å². The van der Waals surface area contributed by atoms with Crippen molar-refractivity contribution in [3.05, 3.63) is 35.9 Å². The van der Waals surface area contributed by atoms with Gasteiger partial charge in [0, 0.05) is 6.04 Å². The van der Waals surface area contributed by atoms with E-state index in [4.69, 9.17) is 0 Å². The van der Waals surface area contributed by atoms with Crippen molar-refractivity contribution in [3.8, 4) is 0 Å². The van der Waals surface area contributed by atoms with Crippen LogP contribution in [0.2, 0.25) is 0 Å². The molecule has 1 amide bonds. The monoisotopic (exact) mass is 234 g/mol. The molecule has 3 nitrogen and oxygen atoms in total. The van der Waals surface area contributed by atoms with E-state index in [2.05, 4.69) is 24.5 Å². The fourth-order valence-corrected chi connectivity index (χ4v) is 1.53. The zero-order valence-electron chi connectivity index (χ0n) is 10.9. The third-order valence-electron chi connectivity index (χ3n) is 2.90. The predicted molar refractivity (Wildman–Crippen MR) is 70.8 cm³/mol. The van der Waals surface area contributed by atoms with Gasteiger partial charge in [0.15, 0.2) is 0 Å². The lowest BCUT2D eigenvalue weighted by molar-refractivity contribution is -0.121. The van der Waals surface area contributed by atoms with Gasteiger partial charge in [-0.25, -0.2) is 0 Å². The fourth-order valence-electron chi connectivity index (χ4n) is 1.53. The molecule has 0 heterocycles. The van der Waals surface area contributed by atoms with Gasteiger partial charge in [-0.2, -0.15) is 0 Å². The summed E-state index contributed by atoms with van der Waals surface area (Å²) in [6, 6.07) is 10.4. The Bertz CT molecular complexity index is 337. The van der Waals surface area contributed by atoms with E-state index in [0.717, 1.165) is 12.0 Å². The number of hydrogen-bond acceptors (Lipinski definition) is 2. The van der Waals surface area contributed by atoms with Crippen LogP contribution in [-0.2, 0) is 4.79 Å². The highest BCUT2D eigenvalue weighted by Gasteiger charge is 2.09. The van der Waals surface area contributed by atoms with E-state index in [1.807, 2.05) is 37.3 Å². The van der Waals surface area contributed by atoms with Gasteiger partial charge in [-0.3, -0.25) is 4.79 Å². The number of hydrogen-bond donors (Lipinski definition) is 2. The number of carbonyl (C=O) groups excluding carboxylic acids is 1. The number of benzene rings is 1. The van der Waals surface area contributed by atoms with Crippen molar-refractivity contribution in [3.63, 3.8) is 0 Å². The van der Waals surface area contributed by atoms with Crippen molar-refractivity contribution in [1.29, 1.82) is 0 Å². The minimum absolute atomic E-state index is 0.0432. The minimum Gasteiger partial charge on any atom is -0.348 e. The number of nitrogens with one attached hydrogen (secondary N) is 2. The van der Waals surface area contributed by atoms with Gasteiger partial charge >= 0.3 is 0 Å². The molecule has 3 heteroatoms. The Kier molecular flexibility index (Phi) is 5.70. The van der Waals surface area contributed by atoms with Crippen LogP contribution in [0.5, 0.6) is 0 Å². The zero-order chi connectivity index (χ0) is 12.7. The van der Waals surface area contributed by atoms with E-state index >= 15 is 0 Å². The summed E-state index contributed by atoms with van der Waals surface area (Å²) in [6.45, 7) is 6.55. The van der Waals surface area contributed by atoms with Crippen LogP contribution in [0.4, 0.5) is 0 Å². The molecule has 1 aromatic rings. The summed E-state index contributed by atoms with van der Waals surface area (Å²) in [5.74, 6) is 0.0432. The first-order chi connectivity index (χ1) is 8.13. The van der Waals surface area contributed by atoms with Crippen molar-refractivity contribution < 1.29 is 4.79 Å². The van der Waals surface area contributed by atoms with Gasteiger partial charge in [-0.15, -0.1) is 0 Å². The molecule has 0 aliphatic heterocycles. The van der Waals surface area contributed by atoms with Gasteiger partial charge < -0.3 is 10.6 Å². The highest BCUT2D eigenvalue weighted by Crippen LogP contribution is 2.10. The van der Waals surface area contributed by atoms with Crippen LogP contribution in [0.25, 0.3) is 0 Å². The molecule has 94 valence electrons. The third-order valence-corrected chi connectivity index (χ3v) is 2.90. The van der Waals surface area contributed by atoms with E-state index in [1.165, 1.54) is 0 Å². The molecule has 0 saturated heterocycles. The molecule has 0 aliphatic rings. The Morgan fingerprint density at radius 1 is 1.24 bits per heavy atom. The minimum atomic E-state index is 0.0432. The van der Waals surface area contributed by atoms with Crippen LogP contribution < -0.4 is 10.6 Å². The second-order valence-corrected chi connectivity index (χ2v) is 4.39. The lowest BCUT2D eigenvalue weighted by Crippen LogP contribution is -2.38. The number of rotatable bonds is 6. The SMILES string of the molecule is CCC(C)NCC(=O)NC(C)c1ccccc1. The smallest absolute Gasteiger partial charge is 0.234 e. The second kappa shape index (κ2) is 7.07. The van der Waals surface area contributed by atoms with Crippen molar-refractivity contribution in [1.82, 2.24) is 10.6 Å². The molecule has 0 aliphatic carbocycles. The largest absolute Gasteiger partial charge is 0.348 e. The Labute approximate surface area is 104 Å². The summed E-state index contributed by atoms with van der Waals surface area (Å²) in [5, 5.41) is 6.15. The Balaban J connectivity index is 2.36. The third kappa shape index (κ3) is 5.00. The molecule has 2 unspecified atom stereocenters. The topological polar surface area (TPSA) is 41.1 Å². The van der Waals surface area contributed by atoms with Gasteiger partial charge in [-0.1, -0.05) is 37.3 Å². The Morgan fingerprint density at radius 2 is 1.88 bits per heavy atom. The van der Waals surface area contributed by atoms with Crippen LogP contribution in [0.15, 0.2) is 30.3 Å². The lowest BCUT2D eigenvalue weighted by atomic mass is 10.1. The average molecular weight is 234 g/mol. The molecule has 1 aromatic carbocycles. The van der Waals surface area contributed by atoms with E-state index in [-0.39, 0.29) is 11.9 Å². The molecule has 0 spiro atoms. The van der Waals surface area contributed by atoms with E-state index < -0.39 is 0 Å². The first-order valence-electron chi connectivity index (χ1n) is 6.21. The summed E-state index contributed by atoms with van der Waals surface area (Å²) in [7, 11) is 0. The maximum absolute atomic E-state index is 11.7. The maximum Gasteiger partial charge on any atom is 0.234 e. The standard InChI is InChI=1S/C14H22N2O/c1-4-11(2)15-10-14(17)16-12(3)13-8-6-5-7-9-13/h5-9,11-12,15H,4,10H2,1-3H3,(H,16,17). The van der Waals surface area contributed by atoms with Crippen LogP contribution in [0.3, 0.4) is 0 Å². The molecule has 0 fully saturated rings. The average Bonchev–Trinajstić information content (AvgIpc) is 2.36. The number of amides is 1.